The van der Waals surface area contributed by atoms with E-state index in [2.05, 4.69) is 31.2 Å². The molecule has 0 fully saturated rings. The van der Waals surface area contributed by atoms with E-state index in [1.165, 1.54) is 6.33 Å². The number of carbonyl (C=O) groups excluding carboxylic acids is 2. The molecule has 30 heavy (non-hydrogen) atoms. The molecule has 2 aromatic heterocycles. The molecule has 10 nitrogen and oxygen atoms in total. The maximum atomic E-state index is 11.9. The maximum Gasteiger partial charge on any atom is 0.426 e. The van der Waals surface area contributed by atoms with Crippen LogP contribution >= 0.6 is 0 Å². The third kappa shape index (κ3) is 5.22. The van der Waals surface area contributed by atoms with Gasteiger partial charge in [-0.05, 0) is 45.4 Å². The van der Waals surface area contributed by atoms with Crippen molar-refractivity contribution in [2.45, 2.75) is 46.1 Å². The van der Waals surface area contributed by atoms with E-state index in [1.54, 1.807) is 31.6 Å². The minimum absolute atomic E-state index is 0.0398. The number of ether oxygens (including phenoxy) is 1. The van der Waals surface area contributed by atoms with Gasteiger partial charge in [0.2, 0.25) is 5.91 Å². The Labute approximate surface area is 174 Å². The summed E-state index contributed by atoms with van der Waals surface area (Å²) in [7, 11) is 0. The van der Waals surface area contributed by atoms with E-state index in [-0.39, 0.29) is 5.91 Å². The number of aromatic nitrogens is 4. The fourth-order valence-corrected chi connectivity index (χ4v) is 2.71. The van der Waals surface area contributed by atoms with Gasteiger partial charge in [0.1, 0.15) is 11.9 Å². The number of anilines is 2. The Balaban J connectivity index is 1.82. The first-order valence-corrected chi connectivity index (χ1v) is 9.61. The maximum absolute atomic E-state index is 11.9. The standard InChI is InChI=1S/C20H25N7O3/c1-5-7-16(28)24-13-8-6-9-14(10-13)27-18-15(11-23-27)17(21-12-22-18)25-26-19(29)30-20(2,3)4/h6,8-12H,5,7H2,1-4H3,(H,24,28)(H,26,29)(H,21,22,25). The predicted octanol–water partition coefficient (Wildman–Crippen LogP) is 3.41. The van der Waals surface area contributed by atoms with Crippen LogP contribution in [0.2, 0.25) is 0 Å². The highest BCUT2D eigenvalue weighted by molar-refractivity contribution is 5.91. The Kier molecular flexibility index (Phi) is 6.14. The molecule has 0 aliphatic heterocycles. The van der Waals surface area contributed by atoms with Crippen LogP contribution in [-0.2, 0) is 9.53 Å². The van der Waals surface area contributed by atoms with Gasteiger partial charge in [-0.15, -0.1) is 0 Å². The van der Waals surface area contributed by atoms with Crippen LogP contribution in [0.3, 0.4) is 0 Å². The Hall–Kier alpha value is -3.69. The fraction of sp³-hybridized carbons (Fsp3) is 0.350. The van der Waals surface area contributed by atoms with Crippen LogP contribution < -0.4 is 16.2 Å². The number of rotatable bonds is 6. The molecule has 2 amide bonds. The summed E-state index contributed by atoms with van der Waals surface area (Å²) < 4.78 is 6.83. The first-order chi connectivity index (χ1) is 14.3. The van der Waals surface area contributed by atoms with Crippen molar-refractivity contribution < 1.29 is 14.3 Å². The fourth-order valence-electron chi connectivity index (χ4n) is 2.71. The Morgan fingerprint density at radius 3 is 2.73 bits per heavy atom. The summed E-state index contributed by atoms with van der Waals surface area (Å²) >= 11 is 0. The molecule has 3 N–H and O–H groups in total. The number of hydrogen-bond acceptors (Lipinski definition) is 7. The van der Waals surface area contributed by atoms with Gasteiger partial charge in [-0.25, -0.2) is 24.9 Å². The third-order valence-electron chi connectivity index (χ3n) is 3.90. The Morgan fingerprint density at radius 1 is 1.20 bits per heavy atom. The lowest BCUT2D eigenvalue weighted by Crippen LogP contribution is -2.36. The molecule has 0 atom stereocenters. The van der Waals surface area contributed by atoms with Gasteiger partial charge >= 0.3 is 6.09 Å². The lowest BCUT2D eigenvalue weighted by molar-refractivity contribution is -0.116. The average molecular weight is 411 g/mol. The summed E-state index contributed by atoms with van der Waals surface area (Å²) in [6.45, 7) is 7.28. The minimum Gasteiger partial charge on any atom is -0.443 e. The number of nitrogens with zero attached hydrogens (tertiary/aromatic N) is 4. The average Bonchev–Trinajstić information content (AvgIpc) is 3.10. The molecule has 2 heterocycles. The van der Waals surface area contributed by atoms with Crippen molar-refractivity contribution in [3.8, 4) is 5.69 Å². The topological polar surface area (TPSA) is 123 Å². The molecule has 0 saturated carbocycles. The van der Waals surface area contributed by atoms with Crippen molar-refractivity contribution in [2.75, 3.05) is 10.7 Å². The van der Waals surface area contributed by atoms with Crippen molar-refractivity contribution in [2.24, 2.45) is 0 Å². The van der Waals surface area contributed by atoms with Gasteiger partial charge in [-0.1, -0.05) is 13.0 Å². The summed E-state index contributed by atoms with van der Waals surface area (Å²) in [5, 5.41) is 7.86. The second kappa shape index (κ2) is 8.76. The predicted molar refractivity (Wildman–Crippen MR) is 113 cm³/mol. The molecule has 10 heteroatoms. The van der Waals surface area contributed by atoms with Gasteiger partial charge in [0.15, 0.2) is 11.5 Å². The SMILES string of the molecule is CCCC(=O)Nc1cccc(-n2ncc3c(NNC(=O)OC(C)(C)C)ncnc32)c1. The number of carbonyl (C=O) groups is 2. The molecular formula is C20H25N7O3. The quantitative estimate of drug-likeness (QED) is 0.531. The van der Waals surface area contributed by atoms with Gasteiger partial charge in [-0.2, -0.15) is 5.10 Å². The Morgan fingerprint density at radius 2 is 2.00 bits per heavy atom. The van der Waals surface area contributed by atoms with Gasteiger partial charge in [0, 0.05) is 12.1 Å². The molecule has 0 unspecified atom stereocenters. The van der Waals surface area contributed by atoms with E-state index in [0.717, 1.165) is 12.1 Å². The second-order valence-electron chi connectivity index (χ2n) is 7.62. The van der Waals surface area contributed by atoms with Crippen LogP contribution in [0.15, 0.2) is 36.8 Å². The molecule has 0 aliphatic rings. The van der Waals surface area contributed by atoms with E-state index >= 15 is 0 Å². The van der Waals surface area contributed by atoms with E-state index in [4.69, 9.17) is 4.74 Å². The van der Waals surface area contributed by atoms with E-state index < -0.39 is 11.7 Å². The van der Waals surface area contributed by atoms with Crippen LogP contribution in [0.5, 0.6) is 0 Å². The lowest BCUT2D eigenvalue weighted by atomic mass is 10.2. The van der Waals surface area contributed by atoms with Crippen LogP contribution in [0.25, 0.3) is 16.7 Å². The van der Waals surface area contributed by atoms with E-state index in [0.29, 0.717) is 29.0 Å². The van der Waals surface area contributed by atoms with Crippen LogP contribution in [0.4, 0.5) is 16.3 Å². The van der Waals surface area contributed by atoms with Gasteiger partial charge in [0.05, 0.1) is 17.3 Å². The molecule has 0 saturated heterocycles. The molecule has 3 aromatic rings. The van der Waals surface area contributed by atoms with E-state index in [1.807, 2.05) is 31.2 Å². The number of amides is 2. The first-order valence-electron chi connectivity index (χ1n) is 9.61. The van der Waals surface area contributed by atoms with Gasteiger partial charge < -0.3 is 10.1 Å². The molecule has 3 rings (SSSR count). The normalized spacial score (nSPS) is 11.2. The molecule has 0 aliphatic carbocycles. The molecule has 0 spiro atoms. The zero-order valence-corrected chi connectivity index (χ0v) is 17.4. The molecule has 0 bridgehead atoms. The summed E-state index contributed by atoms with van der Waals surface area (Å²) in [6.07, 6.45) is 3.57. The summed E-state index contributed by atoms with van der Waals surface area (Å²) in [6, 6.07) is 7.31. The second-order valence-corrected chi connectivity index (χ2v) is 7.62. The zero-order valence-electron chi connectivity index (χ0n) is 17.4. The van der Waals surface area contributed by atoms with Gasteiger partial charge in [0.25, 0.3) is 0 Å². The lowest BCUT2D eigenvalue weighted by Gasteiger charge is -2.19. The number of nitrogens with one attached hydrogen (secondary N) is 3. The van der Waals surface area contributed by atoms with Crippen LogP contribution in [-0.4, -0.2) is 37.3 Å². The van der Waals surface area contributed by atoms with Crippen molar-refractivity contribution in [1.82, 2.24) is 25.2 Å². The highest BCUT2D eigenvalue weighted by atomic mass is 16.6. The number of fused-ring (bicyclic) bond motifs is 1. The molecule has 0 radical (unpaired) electrons. The van der Waals surface area contributed by atoms with E-state index in [9.17, 15) is 9.59 Å². The summed E-state index contributed by atoms with van der Waals surface area (Å²) in [5.74, 6) is 0.339. The third-order valence-corrected chi connectivity index (χ3v) is 3.90. The number of hydrazine groups is 1. The largest absolute Gasteiger partial charge is 0.443 e. The van der Waals surface area contributed by atoms with Crippen LogP contribution in [0, 0.1) is 0 Å². The summed E-state index contributed by atoms with van der Waals surface area (Å²) in [5.41, 5.74) is 6.52. The molecular weight excluding hydrogens is 386 g/mol. The molecule has 158 valence electrons. The number of hydrogen-bond donors (Lipinski definition) is 3. The summed E-state index contributed by atoms with van der Waals surface area (Å²) in [4.78, 5) is 32.2. The zero-order chi connectivity index (χ0) is 21.7. The Bertz CT molecular complexity index is 1060. The highest BCUT2D eigenvalue weighted by Crippen LogP contribution is 2.23. The monoisotopic (exact) mass is 411 g/mol. The van der Waals surface area contributed by atoms with Gasteiger partial charge in [-0.3, -0.25) is 10.2 Å². The first kappa shape index (κ1) is 21.0. The molecule has 1 aromatic carbocycles. The van der Waals surface area contributed by atoms with Crippen molar-refractivity contribution in [3.05, 3.63) is 36.8 Å². The van der Waals surface area contributed by atoms with Crippen molar-refractivity contribution >= 4 is 34.5 Å². The minimum atomic E-state index is -0.628. The highest BCUT2D eigenvalue weighted by Gasteiger charge is 2.17. The van der Waals surface area contributed by atoms with Crippen molar-refractivity contribution in [1.29, 1.82) is 0 Å². The van der Waals surface area contributed by atoms with Crippen molar-refractivity contribution in [3.63, 3.8) is 0 Å². The number of benzene rings is 1. The van der Waals surface area contributed by atoms with Crippen LogP contribution in [0.1, 0.15) is 40.5 Å². The smallest absolute Gasteiger partial charge is 0.426 e.